The molecule has 0 radical (unpaired) electrons. The Morgan fingerprint density at radius 3 is 2.65 bits per heavy atom. The lowest BCUT2D eigenvalue weighted by atomic mass is 10.1. The van der Waals surface area contributed by atoms with Crippen LogP contribution in [0.3, 0.4) is 0 Å². The van der Waals surface area contributed by atoms with Crippen molar-refractivity contribution in [1.29, 1.82) is 0 Å². The van der Waals surface area contributed by atoms with E-state index in [1.54, 1.807) is 24.2 Å². The Morgan fingerprint density at radius 2 is 1.95 bits per heavy atom. The second-order valence-electron chi connectivity index (χ2n) is 5.27. The molecule has 0 fully saturated rings. The molecule has 0 aliphatic carbocycles. The van der Waals surface area contributed by atoms with Crippen LogP contribution >= 0.6 is 11.8 Å². The van der Waals surface area contributed by atoms with E-state index in [-0.39, 0.29) is 0 Å². The highest BCUT2D eigenvalue weighted by Crippen LogP contribution is 2.28. The third-order valence-corrected chi connectivity index (χ3v) is 3.84. The highest BCUT2D eigenvalue weighted by Gasteiger charge is 2.07. The molecule has 1 N–H and O–H groups in total. The van der Waals surface area contributed by atoms with Crippen molar-refractivity contribution < 1.29 is 0 Å². The molecule has 106 valence electrons. The zero-order valence-corrected chi connectivity index (χ0v) is 13.1. The number of hydrogen-bond acceptors (Lipinski definition) is 4. The summed E-state index contributed by atoms with van der Waals surface area (Å²) in [6, 6.07) is 8.36. The van der Waals surface area contributed by atoms with Crippen LogP contribution in [0.1, 0.15) is 25.0 Å². The smallest absolute Gasteiger partial charge is 0.192 e. The molecule has 0 amide bonds. The molecule has 2 aromatic rings. The lowest BCUT2D eigenvalue weighted by Gasteiger charge is -2.12. The number of aryl methyl sites for hydroxylation is 1. The summed E-state index contributed by atoms with van der Waals surface area (Å²) in [6.07, 6.45) is 3.56. The van der Waals surface area contributed by atoms with Crippen molar-refractivity contribution in [2.75, 3.05) is 6.54 Å². The molecule has 20 heavy (non-hydrogen) atoms. The average Bonchev–Trinajstić information content (AvgIpc) is 2.42. The van der Waals surface area contributed by atoms with Crippen LogP contribution in [-0.2, 0) is 6.54 Å². The Labute approximate surface area is 125 Å². The van der Waals surface area contributed by atoms with Gasteiger partial charge in [0.2, 0.25) is 0 Å². The molecule has 0 saturated heterocycles. The summed E-state index contributed by atoms with van der Waals surface area (Å²) in [5, 5.41) is 4.29. The minimum atomic E-state index is 0.661. The fourth-order valence-electron chi connectivity index (χ4n) is 1.88. The first-order valence-electron chi connectivity index (χ1n) is 6.90. The Morgan fingerprint density at radius 1 is 1.20 bits per heavy atom. The summed E-state index contributed by atoms with van der Waals surface area (Å²) in [7, 11) is 0. The number of benzene rings is 1. The van der Waals surface area contributed by atoms with Gasteiger partial charge < -0.3 is 5.32 Å². The Balaban J connectivity index is 2.11. The zero-order valence-electron chi connectivity index (χ0n) is 12.3. The van der Waals surface area contributed by atoms with Gasteiger partial charge in [0.25, 0.3) is 0 Å². The van der Waals surface area contributed by atoms with Gasteiger partial charge in [-0.3, -0.25) is 0 Å². The summed E-state index contributed by atoms with van der Waals surface area (Å²) in [5.74, 6) is 0.661. The molecular formula is C16H21N3S. The quantitative estimate of drug-likeness (QED) is 0.822. The molecule has 0 aliphatic heterocycles. The lowest BCUT2D eigenvalue weighted by molar-refractivity contribution is 0.550. The molecule has 0 atom stereocenters. The maximum absolute atomic E-state index is 4.28. The van der Waals surface area contributed by atoms with Crippen LogP contribution in [0, 0.1) is 12.8 Å². The van der Waals surface area contributed by atoms with E-state index in [9.17, 15) is 0 Å². The molecular weight excluding hydrogens is 266 g/mol. The fourth-order valence-corrected chi connectivity index (χ4v) is 2.70. The molecule has 3 nitrogen and oxygen atoms in total. The monoisotopic (exact) mass is 287 g/mol. The average molecular weight is 287 g/mol. The first kappa shape index (κ1) is 15.0. The first-order chi connectivity index (χ1) is 9.65. The van der Waals surface area contributed by atoms with E-state index in [0.29, 0.717) is 5.92 Å². The number of nitrogens with zero attached hydrogens (tertiary/aromatic N) is 2. The van der Waals surface area contributed by atoms with Crippen LogP contribution in [0.4, 0.5) is 0 Å². The molecule has 1 aromatic carbocycles. The van der Waals surface area contributed by atoms with E-state index in [4.69, 9.17) is 0 Å². The normalized spacial score (nSPS) is 11.0. The van der Waals surface area contributed by atoms with Gasteiger partial charge in [0.1, 0.15) is 0 Å². The Bertz CT molecular complexity index is 541. The van der Waals surface area contributed by atoms with E-state index >= 15 is 0 Å². The van der Waals surface area contributed by atoms with Crippen molar-refractivity contribution in [2.45, 2.75) is 37.4 Å². The van der Waals surface area contributed by atoms with Crippen molar-refractivity contribution in [1.82, 2.24) is 15.3 Å². The second kappa shape index (κ2) is 7.41. The highest BCUT2D eigenvalue weighted by atomic mass is 32.2. The maximum Gasteiger partial charge on any atom is 0.192 e. The minimum Gasteiger partial charge on any atom is -0.312 e. The SMILES string of the molecule is Cc1ccc(Sc2ncccn2)c(CNCC(C)C)c1. The minimum absolute atomic E-state index is 0.661. The number of nitrogens with one attached hydrogen (secondary N) is 1. The van der Waals surface area contributed by atoms with Crippen LogP contribution in [-0.4, -0.2) is 16.5 Å². The number of aromatic nitrogens is 2. The van der Waals surface area contributed by atoms with Crippen molar-refractivity contribution in [3.63, 3.8) is 0 Å². The topological polar surface area (TPSA) is 37.8 Å². The number of rotatable bonds is 6. The zero-order chi connectivity index (χ0) is 14.4. The van der Waals surface area contributed by atoms with Crippen LogP contribution in [0.2, 0.25) is 0 Å². The van der Waals surface area contributed by atoms with Crippen molar-refractivity contribution >= 4 is 11.8 Å². The predicted octanol–water partition coefficient (Wildman–Crippen LogP) is 3.68. The van der Waals surface area contributed by atoms with Crippen LogP contribution in [0.15, 0.2) is 46.7 Å². The van der Waals surface area contributed by atoms with E-state index < -0.39 is 0 Å². The van der Waals surface area contributed by atoms with Crippen molar-refractivity contribution in [3.05, 3.63) is 47.8 Å². The Kier molecular flexibility index (Phi) is 5.56. The third-order valence-electron chi connectivity index (χ3n) is 2.83. The highest BCUT2D eigenvalue weighted by molar-refractivity contribution is 7.99. The van der Waals surface area contributed by atoms with Crippen molar-refractivity contribution in [2.24, 2.45) is 5.92 Å². The van der Waals surface area contributed by atoms with Gasteiger partial charge in [0, 0.05) is 23.8 Å². The van der Waals surface area contributed by atoms with E-state index in [1.807, 2.05) is 6.07 Å². The first-order valence-corrected chi connectivity index (χ1v) is 7.72. The standard InChI is InChI=1S/C16H21N3S/c1-12(2)10-17-11-14-9-13(3)5-6-15(14)20-16-18-7-4-8-19-16/h4-9,12,17H,10-11H2,1-3H3. The van der Waals surface area contributed by atoms with Gasteiger partial charge in [-0.2, -0.15) is 0 Å². The molecule has 0 spiro atoms. The van der Waals surface area contributed by atoms with Crippen LogP contribution in [0.5, 0.6) is 0 Å². The Hall–Kier alpha value is -1.39. The van der Waals surface area contributed by atoms with Crippen molar-refractivity contribution in [3.8, 4) is 0 Å². The predicted molar refractivity (Wildman–Crippen MR) is 83.9 cm³/mol. The molecule has 0 unspecified atom stereocenters. The van der Waals surface area contributed by atoms with Gasteiger partial charge in [-0.15, -0.1) is 0 Å². The summed E-state index contributed by atoms with van der Waals surface area (Å²) >= 11 is 1.62. The maximum atomic E-state index is 4.28. The van der Waals surface area contributed by atoms with E-state index in [0.717, 1.165) is 18.2 Å². The van der Waals surface area contributed by atoms with Gasteiger partial charge in [-0.25, -0.2) is 9.97 Å². The molecule has 0 aliphatic rings. The molecule has 2 rings (SSSR count). The summed E-state index contributed by atoms with van der Waals surface area (Å²) in [4.78, 5) is 9.78. The fraction of sp³-hybridized carbons (Fsp3) is 0.375. The lowest BCUT2D eigenvalue weighted by Crippen LogP contribution is -2.19. The third kappa shape index (κ3) is 4.62. The van der Waals surface area contributed by atoms with Crippen LogP contribution < -0.4 is 5.32 Å². The van der Waals surface area contributed by atoms with Gasteiger partial charge in [-0.1, -0.05) is 31.5 Å². The molecule has 1 heterocycles. The molecule has 0 bridgehead atoms. The summed E-state index contributed by atoms with van der Waals surface area (Å²) in [6.45, 7) is 8.47. The van der Waals surface area contributed by atoms with Crippen LogP contribution in [0.25, 0.3) is 0 Å². The number of hydrogen-bond donors (Lipinski definition) is 1. The molecule has 0 saturated carbocycles. The largest absolute Gasteiger partial charge is 0.312 e. The second-order valence-corrected chi connectivity index (χ2v) is 6.28. The molecule has 1 aromatic heterocycles. The van der Waals surface area contributed by atoms with Gasteiger partial charge >= 0.3 is 0 Å². The summed E-state index contributed by atoms with van der Waals surface area (Å²) in [5.41, 5.74) is 2.59. The van der Waals surface area contributed by atoms with E-state index in [1.165, 1.54) is 16.0 Å². The van der Waals surface area contributed by atoms with Gasteiger partial charge in [-0.05, 0) is 48.8 Å². The molecule has 4 heteroatoms. The van der Waals surface area contributed by atoms with Gasteiger partial charge in [0.05, 0.1) is 0 Å². The summed E-state index contributed by atoms with van der Waals surface area (Å²) < 4.78 is 0. The van der Waals surface area contributed by atoms with E-state index in [2.05, 4.69) is 54.3 Å². The van der Waals surface area contributed by atoms with Gasteiger partial charge in [0.15, 0.2) is 5.16 Å².